The van der Waals surface area contributed by atoms with Crippen LogP contribution in [0.15, 0.2) is 42.5 Å². The van der Waals surface area contributed by atoms with Gasteiger partial charge in [0, 0.05) is 17.1 Å². The minimum Gasteiger partial charge on any atom is -0.307 e. The average Bonchev–Trinajstić information content (AvgIpc) is 2.44. The van der Waals surface area contributed by atoms with E-state index in [-0.39, 0.29) is 12.1 Å². The molecule has 0 spiro atoms. The number of halogens is 3. The van der Waals surface area contributed by atoms with E-state index in [2.05, 4.69) is 12.2 Å². The molecule has 1 N–H and O–H groups in total. The van der Waals surface area contributed by atoms with Crippen molar-refractivity contribution in [3.05, 3.63) is 70.2 Å². The Balaban J connectivity index is 1.96. The van der Waals surface area contributed by atoms with E-state index in [1.807, 2.05) is 31.2 Å². The van der Waals surface area contributed by atoms with Gasteiger partial charge in [0.2, 0.25) is 0 Å². The topological polar surface area (TPSA) is 12.0 Å². The maximum atomic E-state index is 13.2. The predicted molar refractivity (Wildman–Crippen MR) is 82.5 cm³/mol. The Morgan fingerprint density at radius 3 is 2.29 bits per heavy atom. The molecule has 0 radical (unpaired) electrons. The Bertz CT molecular complexity index is 598. The highest BCUT2D eigenvalue weighted by Gasteiger charge is 2.12. The lowest BCUT2D eigenvalue weighted by molar-refractivity contribution is 0.468. The molecule has 0 aliphatic rings. The van der Waals surface area contributed by atoms with E-state index in [4.69, 9.17) is 11.6 Å². The molecule has 2 aromatic rings. The minimum absolute atomic E-state index is 0.0533. The Morgan fingerprint density at radius 2 is 1.67 bits per heavy atom. The van der Waals surface area contributed by atoms with Gasteiger partial charge in [0.15, 0.2) is 11.6 Å². The van der Waals surface area contributed by atoms with Crippen LogP contribution < -0.4 is 5.32 Å². The maximum Gasteiger partial charge on any atom is 0.159 e. The highest BCUT2D eigenvalue weighted by atomic mass is 35.5. The summed E-state index contributed by atoms with van der Waals surface area (Å²) in [7, 11) is 0. The SMILES string of the molecule is CC(Cc1ccc(Cl)cc1)NC(C)c1ccc(F)c(F)c1. The zero-order valence-corrected chi connectivity index (χ0v) is 12.8. The quantitative estimate of drug-likeness (QED) is 0.828. The second-order valence-electron chi connectivity index (χ2n) is 5.29. The van der Waals surface area contributed by atoms with Crippen molar-refractivity contribution in [1.82, 2.24) is 5.32 Å². The third-order valence-corrected chi connectivity index (χ3v) is 3.69. The summed E-state index contributed by atoms with van der Waals surface area (Å²) < 4.78 is 26.2. The van der Waals surface area contributed by atoms with Gasteiger partial charge in [-0.15, -0.1) is 0 Å². The number of hydrogen-bond acceptors (Lipinski definition) is 1. The maximum absolute atomic E-state index is 13.2. The van der Waals surface area contributed by atoms with Crippen molar-refractivity contribution in [2.24, 2.45) is 0 Å². The molecule has 2 aromatic carbocycles. The Kier molecular flexibility index (Phi) is 5.32. The van der Waals surface area contributed by atoms with Gasteiger partial charge in [-0.1, -0.05) is 29.8 Å². The first-order chi connectivity index (χ1) is 9.95. The van der Waals surface area contributed by atoms with Crippen LogP contribution in [-0.2, 0) is 6.42 Å². The number of nitrogens with one attached hydrogen (secondary N) is 1. The molecule has 0 bridgehead atoms. The van der Waals surface area contributed by atoms with Crippen LogP contribution in [-0.4, -0.2) is 6.04 Å². The molecule has 0 saturated carbocycles. The highest BCUT2D eigenvalue weighted by molar-refractivity contribution is 6.30. The van der Waals surface area contributed by atoms with Crippen LogP contribution >= 0.6 is 11.6 Å². The van der Waals surface area contributed by atoms with E-state index in [1.165, 1.54) is 11.6 Å². The molecular weight excluding hydrogens is 292 g/mol. The molecule has 0 saturated heterocycles. The lowest BCUT2D eigenvalue weighted by Crippen LogP contribution is -2.30. The molecule has 21 heavy (non-hydrogen) atoms. The summed E-state index contributed by atoms with van der Waals surface area (Å²) in [6.45, 7) is 4.00. The van der Waals surface area contributed by atoms with Gasteiger partial charge in [-0.25, -0.2) is 8.78 Å². The molecule has 0 amide bonds. The summed E-state index contributed by atoms with van der Waals surface area (Å²) in [6.07, 6.45) is 0.838. The average molecular weight is 310 g/mol. The first kappa shape index (κ1) is 15.9. The van der Waals surface area contributed by atoms with Crippen LogP contribution in [0.25, 0.3) is 0 Å². The molecule has 4 heteroatoms. The molecule has 112 valence electrons. The van der Waals surface area contributed by atoms with Gasteiger partial charge < -0.3 is 5.32 Å². The minimum atomic E-state index is -0.819. The van der Waals surface area contributed by atoms with Crippen molar-refractivity contribution >= 4 is 11.6 Å². The van der Waals surface area contributed by atoms with E-state index < -0.39 is 11.6 Å². The fourth-order valence-corrected chi connectivity index (χ4v) is 2.46. The van der Waals surface area contributed by atoms with E-state index in [1.54, 1.807) is 6.07 Å². The molecular formula is C17H18ClF2N. The molecule has 2 unspecified atom stereocenters. The molecule has 0 aliphatic heterocycles. The van der Waals surface area contributed by atoms with Crippen LogP contribution in [0.1, 0.15) is 31.0 Å². The molecule has 0 fully saturated rings. The number of benzene rings is 2. The summed E-state index contributed by atoms with van der Waals surface area (Å²) in [5.41, 5.74) is 1.91. The van der Waals surface area contributed by atoms with Crippen LogP contribution in [0.5, 0.6) is 0 Å². The van der Waals surface area contributed by atoms with Crippen molar-refractivity contribution in [3.8, 4) is 0 Å². The lowest BCUT2D eigenvalue weighted by atomic mass is 10.0. The molecule has 1 nitrogen and oxygen atoms in total. The van der Waals surface area contributed by atoms with Crippen LogP contribution in [0.2, 0.25) is 5.02 Å². The molecule has 2 rings (SSSR count). The van der Waals surface area contributed by atoms with Gasteiger partial charge in [-0.3, -0.25) is 0 Å². The highest BCUT2D eigenvalue weighted by Crippen LogP contribution is 2.17. The summed E-state index contributed by atoms with van der Waals surface area (Å²) >= 11 is 5.86. The summed E-state index contributed by atoms with van der Waals surface area (Å²) in [4.78, 5) is 0. The fraction of sp³-hybridized carbons (Fsp3) is 0.294. The third-order valence-electron chi connectivity index (χ3n) is 3.43. The van der Waals surface area contributed by atoms with Crippen molar-refractivity contribution in [2.75, 3.05) is 0 Å². The van der Waals surface area contributed by atoms with E-state index in [9.17, 15) is 8.78 Å². The van der Waals surface area contributed by atoms with Crippen LogP contribution in [0.4, 0.5) is 8.78 Å². The van der Waals surface area contributed by atoms with Gasteiger partial charge in [0.1, 0.15) is 0 Å². The Hall–Kier alpha value is -1.45. The van der Waals surface area contributed by atoms with Crippen LogP contribution in [0.3, 0.4) is 0 Å². The number of rotatable bonds is 5. The Morgan fingerprint density at radius 1 is 1.00 bits per heavy atom. The molecule has 0 aromatic heterocycles. The van der Waals surface area contributed by atoms with E-state index in [0.29, 0.717) is 0 Å². The van der Waals surface area contributed by atoms with Crippen molar-refractivity contribution < 1.29 is 8.78 Å². The van der Waals surface area contributed by atoms with Gasteiger partial charge in [0.25, 0.3) is 0 Å². The zero-order chi connectivity index (χ0) is 15.4. The van der Waals surface area contributed by atoms with Gasteiger partial charge >= 0.3 is 0 Å². The van der Waals surface area contributed by atoms with E-state index >= 15 is 0 Å². The number of hydrogen-bond donors (Lipinski definition) is 1. The van der Waals surface area contributed by atoms with Crippen LogP contribution in [0, 0.1) is 11.6 Å². The van der Waals surface area contributed by atoms with E-state index in [0.717, 1.165) is 23.1 Å². The largest absolute Gasteiger partial charge is 0.307 e. The van der Waals surface area contributed by atoms with Crippen molar-refractivity contribution in [3.63, 3.8) is 0 Å². The second-order valence-corrected chi connectivity index (χ2v) is 5.73. The van der Waals surface area contributed by atoms with Gasteiger partial charge in [-0.05, 0) is 55.7 Å². The second kappa shape index (κ2) is 7.01. The molecule has 2 atom stereocenters. The monoisotopic (exact) mass is 309 g/mol. The predicted octanol–water partition coefficient (Wildman–Crippen LogP) is 4.90. The van der Waals surface area contributed by atoms with Gasteiger partial charge in [0.05, 0.1) is 0 Å². The first-order valence-corrected chi connectivity index (χ1v) is 7.29. The summed E-state index contributed by atoms with van der Waals surface area (Å²) in [5, 5.41) is 4.10. The van der Waals surface area contributed by atoms with Gasteiger partial charge in [-0.2, -0.15) is 0 Å². The summed E-state index contributed by atoms with van der Waals surface area (Å²) in [5.74, 6) is -1.63. The molecule has 0 aliphatic carbocycles. The first-order valence-electron chi connectivity index (χ1n) is 6.91. The normalized spacial score (nSPS) is 14.0. The standard InChI is InChI=1S/C17H18ClF2N/c1-11(9-13-3-6-15(18)7-4-13)21-12(2)14-5-8-16(19)17(20)10-14/h3-8,10-12,21H,9H2,1-2H3. The molecule has 0 heterocycles. The Labute approximate surface area is 128 Å². The summed E-state index contributed by atoms with van der Waals surface area (Å²) in [6, 6.07) is 11.9. The third kappa shape index (κ3) is 4.51. The zero-order valence-electron chi connectivity index (χ0n) is 12.0. The smallest absolute Gasteiger partial charge is 0.159 e. The van der Waals surface area contributed by atoms with Crippen molar-refractivity contribution in [1.29, 1.82) is 0 Å². The van der Waals surface area contributed by atoms with Crippen molar-refractivity contribution in [2.45, 2.75) is 32.4 Å². The lowest BCUT2D eigenvalue weighted by Gasteiger charge is -2.20. The fourth-order valence-electron chi connectivity index (χ4n) is 2.34.